The number of aromatic nitrogens is 1. The third-order valence-electron chi connectivity index (χ3n) is 6.17. The molecule has 1 aromatic heterocycles. The summed E-state index contributed by atoms with van der Waals surface area (Å²) < 4.78 is 2.29. The standard InChI is InChI=1S/C23H29N3O.C4H4O4/c1-18(2)15-24-11-13-25(14-12-24)16-19(27)17-26-22-9-5-3-7-20(22)21-8-4-6-10-23(21)26;5-3(6)1-2-4(7)8/h3-10,19,27H,1,11-17H2,2H3;1-2H,(H,5,6)(H,7,8). The van der Waals surface area contributed by atoms with E-state index < -0.39 is 11.9 Å². The first-order chi connectivity index (χ1) is 16.7. The highest BCUT2D eigenvalue weighted by Crippen LogP contribution is 2.28. The number of carbonyl (C=O) groups is 2. The highest BCUT2D eigenvalue weighted by atomic mass is 16.4. The number of aliphatic hydroxyl groups is 1. The van der Waals surface area contributed by atoms with Gasteiger partial charge in [-0.15, -0.1) is 0 Å². The van der Waals surface area contributed by atoms with Gasteiger partial charge in [0.1, 0.15) is 38.8 Å². The van der Waals surface area contributed by atoms with Gasteiger partial charge in [-0.05, 0) is 36.8 Å². The fourth-order valence-corrected chi connectivity index (χ4v) is 4.71. The van der Waals surface area contributed by atoms with Crippen LogP contribution in [0.4, 0.5) is 0 Å². The highest BCUT2D eigenvalue weighted by molar-refractivity contribution is 6.07. The molecule has 8 heteroatoms. The van der Waals surface area contributed by atoms with E-state index in [9.17, 15) is 24.9 Å². The summed E-state index contributed by atoms with van der Waals surface area (Å²) in [6.45, 7) is 13.3. The molecule has 0 bridgehead atoms. The van der Waals surface area contributed by atoms with Crippen molar-refractivity contribution in [2.24, 2.45) is 0 Å². The maximum absolute atomic E-state index is 10.8. The van der Waals surface area contributed by atoms with Crippen LogP contribution >= 0.6 is 0 Å². The van der Waals surface area contributed by atoms with E-state index in [0.717, 1.165) is 26.2 Å². The van der Waals surface area contributed by atoms with Crippen molar-refractivity contribution in [3.8, 4) is 0 Å². The molecule has 2 heterocycles. The molecule has 1 aliphatic rings. The van der Waals surface area contributed by atoms with Crippen molar-refractivity contribution in [1.82, 2.24) is 4.57 Å². The molecular weight excluding hydrogens is 446 g/mol. The van der Waals surface area contributed by atoms with Gasteiger partial charge in [-0.2, -0.15) is 0 Å². The van der Waals surface area contributed by atoms with Crippen LogP contribution in [0.5, 0.6) is 0 Å². The van der Waals surface area contributed by atoms with Gasteiger partial charge in [-0.3, -0.25) is 0 Å². The van der Waals surface area contributed by atoms with E-state index >= 15 is 0 Å². The van der Waals surface area contributed by atoms with Crippen LogP contribution in [-0.2, 0) is 16.1 Å². The second-order valence-electron chi connectivity index (χ2n) is 9.11. The molecule has 0 amide bonds. The molecule has 3 N–H and O–H groups in total. The first-order valence-corrected chi connectivity index (χ1v) is 11.8. The van der Waals surface area contributed by atoms with Crippen molar-refractivity contribution in [2.45, 2.75) is 19.6 Å². The van der Waals surface area contributed by atoms with Gasteiger partial charge in [0.05, 0.1) is 25.0 Å². The molecular formula is C27H33N3O5. The van der Waals surface area contributed by atoms with Crippen LogP contribution in [-0.4, -0.2) is 67.0 Å². The molecule has 1 atom stereocenters. The van der Waals surface area contributed by atoms with Gasteiger partial charge in [-0.25, -0.2) is 0 Å². The third-order valence-corrected chi connectivity index (χ3v) is 6.17. The first-order valence-electron chi connectivity index (χ1n) is 11.8. The number of hydrogen-bond acceptors (Lipinski definition) is 5. The molecule has 1 aliphatic heterocycles. The summed E-state index contributed by atoms with van der Waals surface area (Å²) in [6.07, 6.45) is 0.437. The van der Waals surface area contributed by atoms with Gasteiger partial charge < -0.3 is 39.3 Å². The van der Waals surface area contributed by atoms with Crippen molar-refractivity contribution >= 4 is 33.7 Å². The summed E-state index contributed by atoms with van der Waals surface area (Å²) >= 11 is 0. The smallest absolute Gasteiger partial charge is 0.127 e. The number of carboxylic acids is 2. The zero-order valence-corrected chi connectivity index (χ0v) is 20.0. The SMILES string of the molecule is C=C(C)C[NH+]1CC[NH+](CC(O)Cn2c3ccccc3c3ccccc32)CC1.O=C([O-])C=CC(=O)[O-]. The van der Waals surface area contributed by atoms with E-state index in [1.165, 1.54) is 45.4 Å². The summed E-state index contributed by atoms with van der Waals surface area (Å²) in [5, 5.41) is 32.2. The molecule has 1 saturated heterocycles. The molecule has 1 unspecified atom stereocenters. The Labute approximate surface area is 205 Å². The molecule has 35 heavy (non-hydrogen) atoms. The summed E-state index contributed by atoms with van der Waals surface area (Å²) in [5.41, 5.74) is 3.69. The van der Waals surface area contributed by atoms with Gasteiger partial charge in [0.15, 0.2) is 0 Å². The summed E-state index contributed by atoms with van der Waals surface area (Å²) in [6, 6.07) is 17.0. The van der Waals surface area contributed by atoms with Crippen LogP contribution in [0.2, 0.25) is 0 Å². The number of aliphatic hydroxyl groups excluding tert-OH is 1. The number of aliphatic carboxylic acids is 2. The lowest BCUT2D eigenvalue weighted by Gasteiger charge is -2.31. The Balaban J connectivity index is 0.000000371. The number of hydrogen-bond donors (Lipinski definition) is 3. The average Bonchev–Trinajstić information content (AvgIpc) is 3.13. The van der Waals surface area contributed by atoms with E-state index in [4.69, 9.17) is 0 Å². The number of rotatable bonds is 8. The van der Waals surface area contributed by atoms with Gasteiger partial charge >= 0.3 is 0 Å². The lowest BCUT2D eigenvalue weighted by molar-refractivity contribution is -1.01. The fraction of sp³-hybridized carbons (Fsp3) is 0.333. The lowest BCUT2D eigenvalue weighted by Crippen LogP contribution is -3.28. The first kappa shape index (κ1) is 26.2. The fourth-order valence-electron chi connectivity index (χ4n) is 4.71. The maximum Gasteiger partial charge on any atom is 0.127 e. The van der Waals surface area contributed by atoms with Crippen molar-refractivity contribution < 1.29 is 34.7 Å². The average molecular weight is 480 g/mol. The normalized spacial score (nSPS) is 18.8. The Kier molecular flexibility index (Phi) is 9.19. The molecule has 3 aromatic rings. The molecule has 0 spiro atoms. The van der Waals surface area contributed by atoms with Gasteiger partial charge in [-0.1, -0.05) is 43.0 Å². The number of benzene rings is 2. The maximum atomic E-state index is 10.8. The predicted molar refractivity (Wildman–Crippen MR) is 131 cm³/mol. The van der Waals surface area contributed by atoms with Crippen molar-refractivity contribution in [2.75, 3.05) is 39.3 Å². The molecule has 0 radical (unpaired) electrons. The van der Waals surface area contributed by atoms with Crippen molar-refractivity contribution in [1.29, 1.82) is 0 Å². The van der Waals surface area contributed by atoms with Crippen molar-refractivity contribution in [3.05, 3.63) is 72.8 Å². The lowest BCUT2D eigenvalue weighted by atomic mass is 10.2. The Morgan fingerprint density at radius 2 is 1.40 bits per heavy atom. The molecule has 8 nitrogen and oxygen atoms in total. The molecule has 4 rings (SSSR count). The number of piperazine rings is 1. The van der Waals surface area contributed by atoms with E-state index in [2.05, 4.69) is 66.6 Å². The monoisotopic (exact) mass is 479 g/mol. The number of nitrogens with zero attached hydrogens (tertiary/aromatic N) is 1. The van der Waals surface area contributed by atoms with Gasteiger partial charge in [0, 0.05) is 21.8 Å². The summed E-state index contributed by atoms with van der Waals surface area (Å²) in [7, 11) is 0. The minimum atomic E-state index is -1.55. The summed E-state index contributed by atoms with van der Waals surface area (Å²) in [4.78, 5) is 22.0. The number of para-hydroxylation sites is 2. The van der Waals surface area contributed by atoms with E-state index in [1.54, 1.807) is 4.90 Å². The van der Waals surface area contributed by atoms with Crippen LogP contribution in [0.25, 0.3) is 21.8 Å². The van der Waals surface area contributed by atoms with Gasteiger partial charge in [0.25, 0.3) is 0 Å². The quantitative estimate of drug-likeness (QED) is 0.245. The molecule has 0 saturated carbocycles. The minimum absolute atomic E-state index is 0.332. The Hall–Kier alpha value is -3.46. The molecule has 0 aliphatic carbocycles. The highest BCUT2D eigenvalue weighted by Gasteiger charge is 2.25. The Morgan fingerprint density at radius 1 is 0.943 bits per heavy atom. The topological polar surface area (TPSA) is 114 Å². The van der Waals surface area contributed by atoms with Crippen LogP contribution in [0.15, 0.2) is 72.8 Å². The molecule has 186 valence electrons. The van der Waals surface area contributed by atoms with Crippen LogP contribution in [0, 0.1) is 0 Å². The molecule has 2 aromatic carbocycles. The zero-order chi connectivity index (χ0) is 25.4. The largest absolute Gasteiger partial charge is 0.545 e. The number of carboxylic acid groups (broad SMARTS) is 2. The second-order valence-corrected chi connectivity index (χ2v) is 9.11. The van der Waals surface area contributed by atoms with E-state index in [1.807, 2.05) is 0 Å². The predicted octanol–water partition coefficient (Wildman–Crippen LogP) is -2.44. The van der Waals surface area contributed by atoms with Crippen molar-refractivity contribution in [3.63, 3.8) is 0 Å². The van der Waals surface area contributed by atoms with Crippen LogP contribution in [0.1, 0.15) is 6.92 Å². The Bertz CT molecular complexity index is 1140. The van der Waals surface area contributed by atoms with E-state index in [0.29, 0.717) is 18.7 Å². The number of carbonyl (C=O) groups excluding carboxylic acids is 2. The second kappa shape index (κ2) is 12.3. The molecule has 1 fully saturated rings. The number of nitrogens with one attached hydrogen (secondary N) is 2. The van der Waals surface area contributed by atoms with E-state index in [-0.39, 0.29) is 6.10 Å². The Morgan fingerprint density at radius 3 is 1.86 bits per heavy atom. The van der Waals surface area contributed by atoms with Gasteiger partial charge in [0.2, 0.25) is 0 Å². The zero-order valence-electron chi connectivity index (χ0n) is 20.0. The summed E-state index contributed by atoms with van der Waals surface area (Å²) in [5.74, 6) is -3.09. The minimum Gasteiger partial charge on any atom is -0.545 e. The van der Waals surface area contributed by atoms with Crippen LogP contribution < -0.4 is 20.0 Å². The number of fused-ring (bicyclic) bond motifs is 3. The number of quaternary nitrogens is 2. The third kappa shape index (κ3) is 7.51. The van der Waals surface area contributed by atoms with Crippen LogP contribution in [0.3, 0.4) is 0 Å².